The molecule has 1 N–H and O–H groups in total. The summed E-state index contributed by atoms with van der Waals surface area (Å²) in [5.74, 6) is 0.636. The predicted molar refractivity (Wildman–Crippen MR) is 93.7 cm³/mol. The van der Waals surface area contributed by atoms with Crippen molar-refractivity contribution in [2.75, 3.05) is 11.9 Å². The van der Waals surface area contributed by atoms with Gasteiger partial charge in [0.1, 0.15) is 0 Å². The maximum absolute atomic E-state index is 12.8. The van der Waals surface area contributed by atoms with Crippen LogP contribution in [-0.4, -0.2) is 22.1 Å². The van der Waals surface area contributed by atoms with Gasteiger partial charge in [-0.15, -0.1) is 0 Å². The zero-order valence-corrected chi connectivity index (χ0v) is 14.3. The maximum Gasteiger partial charge on any atom is 0.338 e. The zero-order valence-electron chi connectivity index (χ0n) is 14.3. The van der Waals surface area contributed by atoms with Crippen LogP contribution in [0.4, 0.5) is 5.95 Å². The standard InChI is InChI=1S/C19H23N3O2/c1-3-24-17(23)16-13(2)20-18-21-14-9-5-6-10-15(14)22(18)19(16)11-7-4-8-12-19/h5-6,9-10H,3-4,7-8,11-12H2,1-2H3,(H,20,21). The van der Waals surface area contributed by atoms with Crippen LogP contribution >= 0.6 is 0 Å². The molecule has 24 heavy (non-hydrogen) atoms. The van der Waals surface area contributed by atoms with E-state index in [1.165, 1.54) is 6.42 Å². The molecule has 5 nitrogen and oxygen atoms in total. The number of hydrogen-bond acceptors (Lipinski definition) is 4. The minimum atomic E-state index is -0.342. The maximum atomic E-state index is 12.8. The molecule has 0 radical (unpaired) electrons. The number of aromatic nitrogens is 2. The highest BCUT2D eigenvalue weighted by Gasteiger charge is 2.47. The molecule has 5 heteroatoms. The summed E-state index contributed by atoms with van der Waals surface area (Å²) in [6.45, 7) is 4.21. The molecule has 1 aliphatic carbocycles. The lowest BCUT2D eigenvalue weighted by atomic mass is 9.74. The highest BCUT2D eigenvalue weighted by atomic mass is 16.5. The third kappa shape index (κ3) is 2.07. The van der Waals surface area contributed by atoms with Crippen molar-refractivity contribution < 1.29 is 9.53 Å². The number of imidazole rings is 1. The van der Waals surface area contributed by atoms with Gasteiger partial charge < -0.3 is 10.1 Å². The molecule has 2 heterocycles. The summed E-state index contributed by atoms with van der Waals surface area (Å²) in [5.41, 5.74) is 3.35. The number of anilines is 1. The third-order valence-electron chi connectivity index (χ3n) is 5.29. The van der Waals surface area contributed by atoms with Gasteiger partial charge in [-0.05, 0) is 38.8 Å². The molecule has 0 saturated heterocycles. The Bertz CT molecular complexity index is 828. The Kier molecular flexibility index (Phi) is 3.59. The Morgan fingerprint density at radius 3 is 2.79 bits per heavy atom. The molecule has 1 aromatic carbocycles. The molecule has 1 fully saturated rings. The summed E-state index contributed by atoms with van der Waals surface area (Å²) in [7, 11) is 0. The molecule has 1 spiro atoms. The van der Waals surface area contributed by atoms with Crippen molar-refractivity contribution in [1.82, 2.24) is 9.55 Å². The number of esters is 1. The number of benzene rings is 1. The van der Waals surface area contributed by atoms with E-state index in [-0.39, 0.29) is 11.5 Å². The number of hydrogen-bond donors (Lipinski definition) is 1. The molecule has 0 bridgehead atoms. The number of nitrogens with one attached hydrogen (secondary N) is 1. The van der Waals surface area contributed by atoms with Crippen molar-refractivity contribution in [3.8, 4) is 0 Å². The van der Waals surface area contributed by atoms with Gasteiger partial charge >= 0.3 is 5.97 Å². The molecule has 1 saturated carbocycles. The number of carbonyl (C=O) groups excluding carboxylic acids is 1. The molecular formula is C19H23N3O2. The molecule has 4 rings (SSSR count). The molecule has 126 valence electrons. The summed E-state index contributed by atoms with van der Waals surface area (Å²) >= 11 is 0. The van der Waals surface area contributed by atoms with E-state index in [4.69, 9.17) is 9.72 Å². The second-order valence-corrected chi connectivity index (χ2v) is 6.70. The van der Waals surface area contributed by atoms with E-state index in [0.717, 1.165) is 53.9 Å². The van der Waals surface area contributed by atoms with Crippen molar-refractivity contribution in [1.29, 1.82) is 0 Å². The Hall–Kier alpha value is -2.30. The van der Waals surface area contributed by atoms with E-state index in [1.54, 1.807) is 0 Å². The van der Waals surface area contributed by atoms with E-state index >= 15 is 0 Å². The van der Waals surface area contributed by atoms with Gasteiger partial charge in [0.05, 0.1) is 28.8 Å². The van der Waals surface area contributed by atoms with Crippen LogP contribution in [0.15, 0.2) is 35.5 Å². The largest absolute Gasteiger partial charge is 0.463 e. The number of fused-ring (bicyclic) bond motifs is 4. The van der Waals surface area contributed by atoms with Gasteiger partial charge in [0.25, 0.3) is 0 Å². The summed E-state index contributed by atoms with van der Waals surface area (Å²) in [4.78, 5) is 17.6. The summed E-state index contributed by atoms with van der Waals surface area (Å²) in [6.07, 6.45) is 5.34. The minimum Gasteiger partial charge on any atom is -0.463 e. The fourth-order valence-electron chi connectivity index (χ4n) is 4.39. The zero-order chi connectivity index (χ0) is 16.7. The molecule has 0 amide bonds. The van der Waals surface area contributed by atoms with Crippen molar-refractivity contribution in [2.24, 2.45) is 0 Å². The van der Waals surface area contributed by atoms with Crippen LogP contribution in [0.1, 0.15) is 46.0 Å². The van der Waals surface area contributed by atoms with Gasteiger partial charge in [-0.3, -0.25) is 4.57 Å². The Morgan fingerprint density at radius 1 is 1.29 bits per heavy atom. The first-order valence-corrected chi connectivity index (χ1v) is 8.81. The molecule has 1 aliphatic heterocycles. The topological polar surface area (TPSA) is 56.1 Å². The second-order valence-electron chi connectivity index (χ2n) is 6.70. The molecule has 2 aromatic rings. The van der Waals surface area contributed by atoms with Crippen LogP contribution in [0.3, 0.4) is 0 Å². The predicted octanol–water partition coefficient (Wildman–Crippen LogP) is 3.96. The van der Waals surface area contributed by atoms with E-state index in [2.05, 4.69) is 16.0 Å². The van der Waals surface area contributed by atoms with Crippen LogP contribution in [0.2, 0.25) is 0 Å². The fourth-order valence-corrected chi connectivity index (χ4v) is 4.39. The van der Waals surface area contributed by atoms with Crippen LogP contribution in [-0.2, 0) is 15.1 Å². The van der Waals surface area contributed by atoms with Gasteiger partial charge in [-0.25, -0.2) is 9.78 Å². The monoisotopic (exact) mass is 325 g/mol. The molecule has 0 unspecified atom stereocenters. The average molecular weight is 325 g/mol. The van der Waals surface area contributed by atoms with Gasteiger partial charge in [-0.1, -0.05) is 31.4 Å². The average Bonchev–Trinajstić information content (AvgIpc) is 2.94. The first-order valence-electron chi connectivity index (χ1n) is 8.81. The van der Waals surface area contributed by atoms with Crippen LogP contribution < -0.4 is 5.32 Å². The number of nitrogens with zero attached hydrogens (tertiary/aromatic N) is 2. The van der Waals surface area contributed by atoms with Gasteiger partial charge in [0, 0.05) is 5.70 Å². The van der Waals surface area contributed by atoms with Crippen molar-refractivity contribution in [2.45, 2.75) is 51.5 Å². The van der Waals surface area contributed by atoms with Crippen molar-refractivity contribution in [3.05, 3.63) is 35.5 Å². The van der Waals surface area contributed by atoms with Crippen LogP contribution in [0.5, 0.6) is 0 Å². The van der Waals surface area contributed by atoms with Crippen LogP contribution in [0.25, 0.3) is 11.0 Å². The lowest BCUT2D eigenvalue weighted by molar-refractivity contribution is -0.140. The van der Waals surface area contributed by atoms with Crippen LogP contribution in [0, 0.1) is 0 Å². The Balaban J connectivity index is 1.97. The lowest BCUT2D eigenvalue weighted by Crippen LogP contribution is -2.45. The first-order chi connectivity index (χ1) is 11.7. The summed E-state index contributed by atoms with van der Waals surface area (Å²) < 4.78 is 7.66. The van der Waals surface area contributed by atoms with E-state index in [0.29, 0.717) is 6.61 Å². The number of carbonyl (C=O) groups is 1. The number of ether oxygens (including phenoxy) is 1. The summed E-state index contributed by atoms with van der Waals surface area (Å²) in [5, 5.41) is 3.34. The molecule has 0 atom stereocenters. The van der Waals surface area contributed by atoms with Gasteiger partial charge in [0.15, 0.2) is 0 Å². The molecular weight excluding hydrogens is 302 g/mol. The minimum absolute atomic E-state index is 0.201. The SMILES string of the molecule is CCOC(=O)C1=C(C)Nc2nc3ccccc3n2C12CCCCC2. The quantitative estimate of drug-likeness (QED) is 0.849. The smallest absolute Gasteiger partial charge is 0.338 e. The van der Waals surface area contributed by atoms with Crippen molar-refractivity contribution in [3.63, 3.8) is 0 Å². The fraction of sp³-hybridized carbons (Fsp3) is 0.474. The highest BCUT2D eigenvalue weighted by molar-refractivity contribution is 5.94. The number of allylic oxidation sites excluding steroid dienone is 1. The number of para-hydroxylation sites is 2. The van der Waals surface area contributed by atoms with Gasteiger partial charge in [-0.2, -0.15) is 0 Å². The first kappa shape index (κ1) is 15.2. The van der Waals surface area contributed by atoms with E-state index in [9.17, 15) is 4.79 Å². The Morgan fingerprint density at radius 2 is 2.04 bits per heavy atom. The van der Waals surface area contributed by atoms with Gasteiger partial charge in [0.2, 0.25) is 5.95 Å². The van der Waals surface area contributed by atoms with E-state index < -0.39 is 0 Å². The molecule has 1 aromatic heterocycles. The lowest BCUT2D eigenvalue weighted by Gasteiger charge is -2.44. The summed E-state index contributed by atoms with van der Waals surface area (Å²) in [6, 6.07) is 8.15. The highest BCUT2D eigenvalue weighted by Crippen LogP contribution is 2.48. The Labute approximate surface area is 141 Å². The van der Waals surface area contributed by atoms with Crippen molar-refractivity contribution >= 4 is 23.0 Å². The second kappa shape index (κ2) is 5.65. The van der Waals surface area contributed by atoms with E-state index in [1.807, 2.05) is 32.0 Å². The number of rotatable bonds is 2. The third-order valence-corrected chi connectivity index (χ3v) is 5.29. The molecule has 2 aliphatic rings. The normalized spacial score (nSPS) is 19.2.